The Morgan fingerprint density at radius 3 is 2.81 bits per heavy atom. The molecule has 32 heavy (non-hydrogen) atoms. The zero-order valence-electron chi connectivity index (χ0n) is 20.9. The van der Waals surface area contributed by atoms with Crippen LogP contribution >= 0.6 is 23.4 Å². The number of anilines is 1. The van der Waals surface area contributed by atoms with Gasteiger partial charge in [0.05, 0.1) is 34.3 Å². The second-order valence-electron chi connectivity index (χ2n) is 8.67. The first-order valence-electron chi connectivity index (χ1n) is 12.0. The largest absolute Gasteiger partial charge is 0.376 e. The highest BCUT2D eigenvalue weighted by molar-refractivity contribution is 7.99. The van der Waals surface area contributed by atoms with E-state index in [1.165, 1.54) is 6.20 Å². The van der Waals surface area contributed by atoms with E-state index >= 15 is 0 Å². The molecule has 2 N–H and O–H groups in total. The first-order chi connectivity index (χ1) is 16.5. The number of piperidine rings is 1. The summed E-state index contributed by atoms with van der Waals surface area (Å²) < 4.78 is 32.5. The number of ether oxygens (including phenoxy) is 1. The number of fused-ring (bicyclic) bond motifs is 1. The SMILES string of the molecule is [2H]C([2H])([2H])n1c(N2CCC3(CC2)CO[C@@H](C)[C@H]3N)ncc(Sc2ccc3nn(C)cc3c2Cl)c1=O. The van der Waals surface area contributed by atoms with Crippen LogP contribution in [0.3, 0.4) is 0 Å². The van der Waals surface area contributed by atoms with E-state index in [1.807, 2.05) is 17.9 Å². The van der Waals surface area contributed by atoms with Crippen molar-refractivity contribution < 1.29 is 8.85 Å². The van der Waals surface area contributed by atoms with E-state index in [1.54, 1.807) is 24.0 Å². The van der Waals surface area contributed by atoms with Crippen molar-refractivity contribution >= 4 is 40.2 Å². The van der Waals surface area contributed by atoms with Crippen LogP contribution in [0.25, 0.3) is 10.9 Å². The lowest BCUT2D eigenvalue weighted by molar-refractivity contribution is 0.0973. The number of aromatic nitrogens is 4. The van der Waals surface area contributed by atoms with Crippen LogP contribution in [-0.2, 0) is 18.8 Å². The lowest BCUT2D eigenvalue weighted by Crippen LogP contribution is -2.51. The maximum atomic E-state index is 13.4. The number of hydrogen-bond acceptors (Lipinski definition) is 7. The molecule has 0 radical (unpaired) electrons. The van der Waals surface area contributed by atoms with Gasteiger partial charge in [-0.2, -0.15) is 5.10 Å². The monoisotopic (exact) mass is 477 g/mol. The molecular weight excluding hydrogens is 448 g/mol. The molecule has 2 aromatic heterocycles. The van der Waals surface area contributed by atoms with Crippen molar-refractivity contribution in [1.82, 2.24) is 19.3 Å². The van der Waals surface area contributed by atoms with Gasteiger partial charge in [-0.1, -0.05) is 23.4 Å². The minimum Gasteiger partial charge on any atom is -0.376 e. The van der Waals surface area contributed by atoms with Gasteiger partial charge >= 0.3 is 0 Å². The highest BCUT2D eigenvalue weighted by Crippen LogP contribution is 2.42. The van der Waals surface area contributed by atoms with Crippen LogP contribution in [0.1, 0.15) is 23.9 Å². The third-order valence-electron chi connectivity index (χ3n) is 6.72. The number of benzene rings is 1. The van der Waals surface area contributed by atoms with E-state index in [0.717, 1.165) is 40.1 Å². The molecule has 2 atom stereocenters. The van der Waals surface area contributed by atoms with E-state index < -0.39 is 12.5 Å². The van der Waals surface area contributed by atoms with Gasteiger partial charge in [-0.15, -0.1) is 0 Å². The summed E-state index contributed by atoms with van der Waals surface area (Å²) in [4.78, 5) is 20.5. The number of rotatable bonds is 3. The van der Waals surface area contributed by atoms with Crippen molar-refractivity contribution in [3.8, 4) is 0 Å². The first kappa shape index (κ1) is 18.4. The topological polar surface area (TPSA) is 91.2 Å². The third kappa shape index (κ3) is 3.51. The van der Waals surface area contributed by atoms with Crippen LogP contribution in [0.4, 0.5) is 5.95 Å². The van der Waals surface area contributed by atoms with E-state index in [2.05, 4.69) is 10.1 Å². The van der Waals surface area contributed by atoms with Crippen LogP contribution in [0, 0.1) is 5.41 Å². The molecule has 2 aliphatic rings. The first-order valence-corrected chi connectivity index (χ1v) is 11.7. The molecule has 2 saturated heterocycles. The summed E-state index contributed by atoms with van der Waals surface area (Å²) in [7, 11) is 1.80. The fourth-order valence-corrected chi connectivity index (χ4v) is 5.88. The van der Waals surface area contributed by atoms with Gasteiger partial charge in [-0.25, -0.2) is 4.98 Å². The Hall–Kier alpha value is -2.07. The highest BCUT2D eigenvalue weighted by atomic mass is 35.5. The molecule has 5 rings (SSSR count). The Kier molecular flexibility index (Phi) is 4.62. The van der Waals surface area contributed by atoms with Gasteiger partial charge in [0, 0.05) is 59.2 Å². The Morgan fingerprint density at radius 1 is 1.34 bits per heavy atom. The summed E-state index contributed by atoms with van der Waals surface area (Å²) in [6, 6.07) is 3.52. The number of nitrogens with two attached hydrogens (primary N) is 1. The quantitative estimate of drug-likeness (QED) is 0.620. The summed E-state index contributed by atoms with van der Waals surface area (Å²) in [6.45, 7) is 0.975. The molecular formula is C22H27ClN6O2S. The molecule has 1 aromatic carbocycles. The molecule has 0 saturated carbocycles. The molecule has 8 nitrogen and oxygen atoms in total. The fourth-order valence-electron chi connectivity index (χ4n) is 4.70. The zero-order valence-corrected chi connectivity index (χ0v) is 19.5. The van der Waals surface area contributed by atoms with Gasteiger partial charge in [0.25, 0.3) is 5.56 Å². The third-order valence-corrected chi connectivity index (χ3v) is 8.30. The van der Waals surface area contributed by atoms with Crippen molar-refractivity contribution in [1.29, 1.82) is 0 Å². The molecule has 10 heteroatoms. The maximum Gasteiger partial charge on any atom is 0.268 e. The smallest absolute Gasteiger partial charge is 0.268 e. The second-order valence-corrected chi connectivity index (χ2v) is 10.1. The molecule has 2 aliphatic heterocycles. The molecule has 4 heterocycles. The van der Waals surface area contributed by atoms with Crippen LogP contribution in [-0.4, -0.2) is 51.2 Å². The Labute approximate surface area is 199 Å². The molecule has 0 amide bonds. The van der Waals surface area contributed by atoms with E-state index in [-0.39, 0.29) is 28.4 Å². The van der Waals surface area contributed by atoms with Crippen LogP contribution in [0.2, 0.25) is 5.02 Å². The summed E-state index contributed by atoms with van der Waals surface area (Å²) in [5.41, 5.74) is 6.40. The molecule has 170 valence electrons. The van der Waals surface area contributed by atoms with E-state index in [9.17, 15) is 4.79 Å². The van der Waals surface area contributed by atoms with Gasteiger partial charge in [-0.3, -0.25) is 14.0 Å². The van der Waals surface area contributed by atoms with Crippen molar-refractivity contribution in [3.63, 3.8) is 0 Å². The van der Waals surface area contributed by atoms with Gasteiger partial charge < -0.3 is 15.4 Å². The second kappa shape index (κ2) is 8.06. The minimum atomic E-state index is -2.69. The zero-order chi connectivity index (χ0) is 25.1. The van der Waals surface area contributed by atoms with Crippen LogP contribution in [0.5, 0.6) is 0 Å². The fraction of sp³-hybridized carbons (Fsp3) is 0.500. The normalized spacial score (nSPS) is 24.6. The molecule has 3 aromatic rings. The van der Waals surface area contributed by atoms with E-state index in [0.29, 0.717) is 29.6 Å². The summed E-state index contributed by atoms with van der Waals surface area (Å²) in [6.07, 6.45) is 4.72. The van der Waals surface area contributed by atoms with Gasteiger partial charge in [0.1, 0.15) is 0 Å². The van der Waals surface area contributed by atoms with E-state index in [4.69, 9.17) is 26.2 Å². The number of aryl methyl sites for hydroxylation is 1. The Balaban J connectivity index is 1.46. The molecule has 0 aliphatic carbocycles. The minimum absolute atomic E-state index is 0.00532. The summed E-state index contributed by atoms with van der Waals surface area (Å²) in [5, 5.41) is 5.54. The predicted octanol–water partition coefficient (Wildman–Crippen LogP) is 2.80. The number of halogens is 1. The lowest BCUT2D eigenvalue weighted by Gasteiger charge is -2.41. The molecule has 0 bridgehead atoms. The summed E-state index contributed by atoms with van der Waals surface area (Å²) >= 11 is 7.68. The maximum absolute atomic E-state index is 13.4. The Bertz CT molecular complexity index is 1340. The standard InChI is InChI=1S/C22H27ClN6O2S/c1-13-19(24)22(12-31-13)6-8-29(9-7-22)21-25-10-17(20(30)28(21)3)32-16-5-4-15-14(18(16)23)11-27(2)26-15/h4-5,10-11,13,19H,6-9,12,24H2,1-3H3/t13-,19+/m0/s1/i3D3. The predicted molar refractivity (Wildman–Crippen MR) is 127 cm³/mol. The molecule has 1 spiro atoms. The lowest BCUT2D eigenvalue weighted by atomic mass is 9.73. The average Bonchev–Trinajstić information content (AvgIpc) is 3.32. The summed E-state index contributed by atoms with van der Waals surface area (Å²) in [5.74, 6) is 0.142. The van der Waals surface area contributed by atoms with Crippen molar-refractivity contribution in [3.05, 3.63) is 39.9 Å². The molecule has 0 unspecified atom stereocenters. The average molecular weight is 478 g/mol. The van der Waals surface area contributed by atoms with Gasteiger partial charge in [-0.05, 0) is 31.9 Å². The van der Waals surface area contributed by atoms with Crippen LogP contribution in [0.15, 0.2) is 39.1 Å². The number of hydrogen-bond donors (Lipinski definition) is 1. The number of nitrogens with zero attached hydrogens (tertiary/aromatic N) is 5. The van der Waals surface area contributed by atoms with Crippen molar-refractivity contribution in [2.24, 2.45) is 25.2 Å². The molecule has 2 fully saturated rings. The van der Waals surface area contributed by atoms with Crippen LogP contribution < -0.4 is 16.2 Å². The van der Waals surface area contributed by atoms with Crippen molar-refractivity contribution in [2.75, 3.05) is 24.6 Å². The van der Waals surface area contributed by atoms with Gasteiger partial charge in [0.15, 0.2) is 0 Å². The Morgan fingerprint density at radius 2 is 2.12 bits per heavy atom. The highest BCUT2D eigenvalue weighted by Gasteiger charge is 2.47. The van der Waals surface area contributed by atoms with Crippen molar-refractivity contribution in [2.45, 2.75) is 41.7 Å². The van der Waals surface area contributed by atoms with Gasteiger partial charge in [0.2, 0.25) is 5.95 Å².